The van der Waals surface area contributed by atoms with Gasteiger partial charge in [-0.15, -0.1) is 0 Å². The summed E-state index contributed by atoms with van der Waals surface area (Å²) in [5.41, 5.74) is 2.29. The molecule has 0 aliphatic heterocycles. The number of hydrogen-bond acceptors (Lipinski definition) is 4. The number of amides is 1. The first kappa shape index (κ1) is 24.1. The molecule has 1 heterocycles. The summed E-state index contributed by atoms with van der Waals surface area (Å²) in [6, 6.07) is 14.8. The Bertz CT molecular complexity index is 1200. The Hall–Kier alpha value is -2.99. The van der Waals surface area contributed by atoms with Crippen LogP contribution in [-0.4, -0.2) is 40.6 Å². The summed E-state index contributed by atoms with van der Waals surface area (Å²) < 4.78 is 7.02. The highest BCUT2D eigenvalue weighted by molar-refractivity contribution is 5.79. The van der Waals surface area contributed by atoms with Crippen LogP contribution in [0.15, 0.2) is 53.3 Å². The van der Waals surface area contributed by atoms with Gasteiger partial charge in [-0.1, -0.05) is 56.0 Å². The number of aryl methyl sites for hydroxylation is 1. The Kier molecular flexibility index (Phi) is 7.78. The van der Waals surface area contributed by atoms with Crippen molar-refractivity contribution in [3.8, 4) is 5.69 Å². The van der Waals surface area contributed by atoms with Crippen molar-refractivity contribution in [1.82, 2.24) is 14.5 Å². The van der Waals surface area contributed by atoms with E-state index in [4.69, 9.17) is 9.72 Å². The fourth-order valence-electron chi connectivity index (χ4n) is 5.11. The molecule has 4 rings (SSSR count). The van der Waals surface area contributed by atoms with Crippen molar-refractivity contribution in [3.63, 3.8) is 0 Å². The predicted molar refractivity (Wildman–Crippen MR) is 135 cm³/mol. The molecule has 1 aliphatic rings. The molecule has 6 nitrogen and oxygen atoms in total. The summed E-state index contributed by atoms with van der Waals surface area (Å²) >= 11 is 0. The number of para-hydroxylation sites is 2. The number of ether oxygens (including phenoxy) is 1. The summed E-state index contributed by atoms with van der Waals surface area (Å²) in [6.45, 7) is 4.84. The minimum atomic E-state index is -0.386. The van der Waals surface area contributed by atoms with Crippen LogP contribution in [0.5, 0.6) is 0 Å². The van der Waals surface area contributed by atoms with E-state index < -0.39 is 0 Å². The lowest BCUT2D eigenvalue weighted by atomic mass is 10.0. The molecule has 0 N–H and O–H groups in total. The number of carbonyl (C=O) groups excluding carboxylic acids is 1. The number of rotatable bonds is 9. The normalized spacial score (nSPS) is 15.0. The quantitative estimate of drug-likeness (QED) is 0.439. The van der Waals surface area contributed by atoms with Crippen LogP contribution in [-0.2, 0) is 9.53 Å². The van der Waals surface area contributed by atoms with Gasteiger partial charge in [0.15, 0.2) is 0 Å². The van der Waals surface area contributed by atoms with Crippen molar-refractivity contribution >= 4 is 16.8 Å². The van der Waals surface area contributed by atoms with Crippen LogP contribution in [0.1, 0.15) is 62.9 Å². The Morgan fingerprint density at radius 2 is 1.85 bits per heavy atom. The van der Waals surface area contributed by atoms with Gasteiger partial charge in [0.1, 0.15) is 5.82 Å². The van der Waals surface area contributed by atoms with Crippen LogP contribution in [0.3, 0.4) is 0 Å². The Balaban J connectivity index is 1.77. The van der Waals surface area contributed by atoms with Gasteiger partial charge in [0.05, 0.1) is 29.2 Å². The molecule has 1 aromatic heterocycles. The van der Waals surface area contributed by atoms with Crippen molar-refractivity contribution in [1.29, 1.82) is 0 Å². The van der Waals surface area contributed by atoms with Gasteiger partial charge >= 0.3 is 0 Å². The zero-order valence-electron chi connectivity index (χ0n) is 20.5. The van der Waals surface area contributed by atoms with Crippen molar-refractivity contribution in [2.45, 2.75) is 58.4 Å². The number of nitrogens with zero attached hydrogens (tertiary/aromatic N) is 3. The molecular weight excluding hydrogens is 426 g/mol. The maximum Gasteiger partial charge on any atom is 0.266 e. The first-order valence-electron chi connectivity index (χ1n) is 12.4. The van der Waals surface area contributed by atoms with E-state index in [1.165, 1.54) is 25.7 Å². The van der Waals surface area contributed by atoms with Gasteiger partial charge in [-0.25, -0.2) is 4.98 Å². The van der Waals surface area contributed by atoms with Crippen molar-refractivity contribution in [2.24, 2.45) is 5.92 Å². The highest BCUT2D eigenvalue weighted by Crippen LogP contribution is 2.30. The van der Waals surface area contributed by atoms with Gasteiger partial charge in [-0.05, 0) is 49.9 Å². The maximum atomic E-state index is 13.7. The zero-order valence-corrected chi connectivity index (χ0v) is 20.5. The summed E-state index contributed by atoms with van der Waals surface area (Å²) in [4.78, 5) is 33.9. The minimum absolute atomic E-state index is 0.0928. The molecule has 34 heavy (non-hydrogen) atoms. The summed E-state index contributed by atoms with van der Waals surface area (Å²) in [5.74, 6) is 1.31. The summed E-state index contributed by atoms with van der Waals surface area (Å²) in [5, 5.41) is 0.567. The first-order valence-corrected chi connectivity index (χ1v) is 12.4. The van der Waals surface area contributed by atoms with Crippen LogP contribution < -0.4 is 5.56 Å². The Morgan fingerprint density at radius 1 is 1.15 bits per heavy atom. The van der Waals surface area contributed by atoms with E-state index in [0.717, 1.165) is 17.7 Å². The number of fused-ring (bicyclic) bond motifs is 1. The van der Waals surface area contributed by atoms with Crippen LogP contribution in [0, 0.1) is 12.8 Å². The fourth-order valence-corrected chi connectivity index (χ4v) is 5.11. The molecule has 1 atom stereocenters. The van der Waals surface area contributed by atoms with E-state index in [1.807, 2.05) is 67.3 Å². The standard InChI is InChI=1S/C28H35N3O3/c1-20-10-4-9-15-25(20)31-27(29-24-14-8-7-13-23(24)28(31)33)21(2)30(18-19-34-3)26(32)17-16-22-11-5-6-12-22/h4,7-10,13-15,21-22H,5-6,11-12,16-19H2,1-3H3. The lowest BCUT2D eigenvalue weighted by Gasteiger charge is -2.31. The van der Waals surface area contributed by atoms with Gasteiger partial charge in [0.2, 0.25) is 5.91 Å². The Morgan fingerprint density at radius 3 is 2.59 bits per heavy atom. The van der Waals surface area contributed by atoms with Gasteiger partial charge in [0, 0.05) is 20.1 Å². The SMILES string of the molecule is COCCN(C(=O)CCC1CCCC1)C(C)c1nc2ccccc2c(=O)n1-c1ccccc1C. The molecule has 1 aliphatic carbocycles. The number of aromatic nitrogens is 2. The van der Waals surface area contributed by atoms with Crippen molar-refractivity contribution in [2.75, 3.05) is 20.3 Å². The summed E-state index contributed by atoms with van der Waals surface area (Å²) in [6.07, 6.45) is 6.42. The maximum absolute atomic E-state index is 13.7. The third-order valence-corrected chi connectivity index (χ3v) is 7.10. The first-order chi connectivity index (χ1) is 16.5. The van der Waals surface area contributed by atoms with Crippen molar-refractivity contribution < 1.29 is 9.53 Å². The van der Waals surface area contributed by atoms with Gasteiger partial charge < -0.3 is 9.64 Å². The minimum Gasteiger partial charge on any atom is -0.383 e. The number of hydrogen-bond donors (Lipinski definition) is 0. The second kappa shape index (κ2) is 11.0. The molecule has 0 radical (unpaired) electrons. The molecular formula is C28H35N3O3. The topological polar surface area (TPSA) is 64.4 Å². The van der Waals surface area contributed by atoms with Gasteiger partial charge in [0.25, 0.3) is 5.56 Å². The van der Waals surface area contributed by atoms with Crippen molar-refractivity contribution in [3.05, 3.63) is 70.3 Å². The number of benzene rings is 2. The molecule has 3 aromatic rings. The third kappa shape index (κ3) is 5.07. The van der Waals surface area contributed by atoms with Gasteiger partial charge in [-0.3, -0.25) is 14.2 Å². The second-order valence-electron chi connectivity index (χ2n) is 9.36. The molecule has 2 aromatic carbocycles. The monoisotopic (exact) mass is 461 g/mol. The molecule has 0 spiro atoms. The van der Waals surface area contributed by atoms with E-state index in [1.54, 1.807) is 11.7 Å². The fraction of sp³-hybridized carbons (Fsp3) is 0.464. The van der Waals surface area contributed by atoms with E-state index in [2.05, 4.69) is 0 Å². The highest BCUT2D eigenvalue weighted by Gasteiger charge is 2.28. The lowest BCUT2D eigenvalue weighted by molar-refractivity contribution is -0.134. The molecule has 0 saturated heterocycles. The van der Waals surface area contributed by atoms with E-state index in [-0.39, 0.29) is 17.5 Å². The molecule has 1 fully saturated rings. The van der Waals surface area contributed by atoms with Gasteiger partial charge in [-0.2, -0.15) is 0 Å². The van der Waals surface area contributed by atoms with Crippen LogP contribution in [0.4, 0.5) is 0 Å². The average Bonchev–Trinajstić information content (AvgIpc) is 3.37. The zero-order chi connectivity index (χ0) is 24.1. The Labute approximate surface area is 201 Å². The highest BCUT2D eigenvalue weighted by atomic mass is 16.5. The molecule has 1 saturated carbocycles. The smallest absolute Gasteiger partial charge is 0.266 e. The molecule has 0 bridgehead atoms. The number of methoxy groups -OCH3 is 1. The molecule has 1 amide bonds. The summed E-state index contributed by atoms with van der Waals surface area (Å²) in [7, 11) is 1.64. The van der Waals surface area contributed by atoms with Crippen LogP contribution in [0.25, 0.3) is 16.6 Å². The number of carbonyl (C=O) groups is 1. The van der Waals surface area contributed by atoms with E-state index >= 15 is 0 Å². The molecule has 1 unspecified atom stereocenters. The predicted octanol–water partition coefficient (Wildman–Crippen LogP) is 5.20. The molecule has 6 heteroatoms. The molecule has 180 valence electrons. The third-order valence-electron chi connectivity index (χ3n) is 7.10. The van der Waals surface area contributed by atoms with Crippen LogP contribution >= 0.6 is 0 Å². The second-order valence-corrected chi connectivity index (χ2v) is 9.36. The van der Waals surface area contributed by atoms with E-state index in [9.17, 15) is 9.59 Å². The largest absolute Gasteiger partial charge is 0.383 e. The lowest BCUT2D eigenvalue weighted by Crippen LogP contribution is -2.39. The van der Waals surface area contributed by atoms with E-state index in [0.29, 0.717) is 42.2 Å². The van der Waals surface area contributed by atoms with Crippen LogP contribution in [0.2, 0.25) is 0 Å². The average molecular weight is 462 g/mol.